The molecule has 0 saturated carbocycles. The quantitative estimate of drug-likeness (QED) is 0.604. The Balaban J connectivity index is 1.42. The average molecular weight is 390 g/mol. The molecule has 2 fully saturated rings. The maximum absolute atomic E-state index is 10.8. The molecule has 2 aromatic rings. The molecule has 2 heterocycles. The van der Waals surface area contributed by atoms with Crippen molar-refractivity contribution in [1.29, 1.82) is 0 Å². The van der Waals surface area contributed by atoms with Gasteiger partial charge < -0.3 is 39.4 Å². The van der Waals surface area contributed by atoms with E-state index < -0.39 is 37.0 Å². The normalized spacial score (nSPS) is 31.1. The summed E-state index contributed by atoms with van der Waals surface area (Å²) in [5.41, 5.74) is 1.38. The zero-order valence-corrected chi connectivity index (χ0v) is 14.9. The van der Waals surface area contributed by atoms with Crippen LogP contribution in [0, 0.1) is 0 Å². The molecule has 2 aliphatic rings. The van der Waals surface area contributed by atoms with Crippen molar-refractivity contribution >= 4 is 0 Å². The summed E-state index contributed by atoms with van der Waals surface area (Å²) in [4.78, 5) is 0. The van der Waals surface area contributed by atoms with Gasteiger partial charge in [-0.2, -0.15) is 0 Å². The van der Waals surface area contributed by atoms with Gasteiger partial charge in [0.25, 0.3) is 0 Å². The minimum atomic E-state index is -1.08. The van der Waals surface area contributed by atoms with Gasteiger partial charge in [-0.1, -0.05) is 24.3 Å². The minimum Gasteiger partial charge on any atom is -0.508 e. The van der Waals surface area contributed by atoms with Gasteiger partial charge in [0.05, 0.1) is 13.2 Å². The Bertz CT molecular complexity index is 778. The van der Waals surface area contributed by atoms with Gasteiger partial charge in [-0.15, -0.1) is 0 Å². The van der Waals surface area contributed by atoms with Gasteiger partial charge in [0, 0.05) is 11.1 Å². The van der Waals surface area contributed by atoms with E-state index in [1.807, 2.05) is 0 Å². The maximum Gasteiger partial charge on any atom is 0.184 e. The highest BCUT2D eigenvalue weighted by molar-refractivity contribution is 5.28. The Kier molecular flexibility index (Phi) is 5.49. The van der Waals surface area contributed by atoms with Crippen LogP contribution in [-0.4, -0.2) is 58.1 Å². The molecule has 0 aromatic heterocycles. The topological polar surface area (TPSA) is 118 Å². The zero-order chi connectivity index (χ0) is 19.7. The lowest BCUT2D eigenvalue weighted by atomic mass is 10.0. The summed E-state index contributed by atoms with van der Waals surface area (Å²) in [5.74, 6) is 0.259. The number of phenols is 2. The fourth-order valence-electron chi connectivity index (χ4n) is 3.35. The second kappa shape index (κ2) is 8.04. The Labute approximate surface area is 161 Å². The van der Waals surface area contributed by atoms with Crippen LogP contribution in [0.5, 0.6) is 11.5 Å². The second-order valence-corrected chi connectivity index (χ2v) is 6.80. The molecule has 2 saturated heterocycles. The van der Waals surface area contributed by atoms with E-state index in [4.69, 9.17) is 18.9 Å². The first-order valence-corrected chi connectivity index (χ1v) is 9.00. The number of hydrogen-bond acceptors (Lipinski definition) is 8. The van der Waals surface area contributed by atoms with Crippen LogP contribution in [0.4, 0.5) is 0 Å². The van der Waals surface area contributed by atoms with E-state index in [0.717, 1.165) is 5.56 Å². The number of aliphatic hydroxyl groups is 2. The first-order chi connectivity index (χ1) is 13.5. The van der Waals surface area contributed by atoms with Crippen molar-refractivity contribution in [3.8, 4) is 11.5 Å². The number of aromatic hydroxyl groups is 2. The molecule has 8 heteroatoms. The number of hydrogen-bond donors (Lipinski definition) is 4. The van der Waals surface area contributed by atoms with Gasteiger partial charge in [-0.25, -0.2) is 0 Å². The van der Waals surface area contributed by atoms with Crippen molar-refractivity contribution < 1.29 is 39.4 Å². The summed E-state index contributed by atoms with van der Waals surface area (Å²) >= 11 is 0. The first-order valence-electron chi connectivity index (χ1n) is 9.00. The van der Waals surface area contributed by atoms with Crippen molar-refractivity contribution in [2.24, 2.45) is 0 Å². The molecule has 0 bridgehead atoms. The Hall–Kier alpha value is -2.20. The highest BCUT2D eigenvalue weighted by Gasteiger charge is 2.46. The van der Waals surface area contributed by atoms with Gasteiger partial charge in [-0.05, 0) is 24.3 Å². The third-order valence-corrected chi connectivity index (χ3v) is 4.88. The Morgan fingerprint density at radius 2 is 1.39 bits per heavy atom. The van der Waals surface area contributed by atoms with E-state index in [-0.39, 0.29) is 24.7 Å². The van der Waals surface area contributed by atoms with Crippen molar-refractivity contribution in [3.63, 3.8) is 0 Å². The summed E-state index contributed by atoms with van der Waals surface area (Å²) in [6.07, 6.45) is -4.72. The third kappa shape index (κ3) is 3.83. The summed E-state index contributed by atoms with van der Waals surface area (Å²) in [5, 5.41) is 39.2. The largest absolute Gasteiger partial charge is 0.508 e. The van der Waals surface area contributed by atoms with E-state index in [0.29, 0.717) is 5.56 Å². The van der Waals surface area contributed by atoms with Crippen molar-refractivity contribution in [2.75, 3.05) is 13.2 Å². The van der Waals surface area contributed by atoms with Gasteiger partial charge in [0.2, 0.25) is 0 Å². The van der Waals surface area contributed by atoms with Crippen molar-refractivity contribution in [3.05, 3.63) is 59.7 Å². The van der Waals surface area contributed by atoms with E-state index >= 15 is 0 Å². The number of phenolic OH excluding ortho intramolecular Hbond substituents is 2. The van der Waals surface area contributed by atoms with Crippen molar-refractivity contribution in [1.82, 2.24) is 0 Å². The molecule has 0 aliphatic carbocycles. The molecule has 4 N–H and O–H groups in total. The SMILES string of the molecule is OC[C@@H]1OC(c2ccc(O)cc2)O[C@@H]1[C@@H](O)[C@H]1COC(c2ccc(O)cc2)O1. The van der Waals surface area contributed by atoms with E-state index in [1.54, 1.807) is 24.3 Å². The summed E-state index contributed by atoms with van der Waals surface area (Å²) in [6.45, 7) is -0.181. The van der Waals surface area contributed by atoms with Gasteiger partial charge in [0.1, 0.15) is 35.9 Å². The fourth-order valence-corrected chi connectivity index (χ4v) is 3.35. The number of ether oxygens (including phenoxy) is 4. The van der Waals surface area contributed by atoms with Crippen molar-refractivity contribution in [2.45, 2.75) is 37.0 Å². The molecule has 0 amide bonds. The van der Waals surface area contributed by atoms with Crippen LogP contribution < -0.4 is 0 Å². The minimum absolute atomic E-state index is 0.119. The van der Waals surface area contributed by atoms with Crippen LogP contribution in [-0.2, 0) is 18.9 Å². The number of aliphatic hydroxyl groups excluding tert-OH is 2. The monoisotopic (exact) mass is 390 g/mol. The standard InChI is InChI=1S/C20H22O8/c21-9-15-18(28-20(26-15)12-3-7-14(23)8-4-12)17(24)16-10-25-19(27-16)11-1-5-13(22)6-2-11/h1-8,15-24H,9-10H2/t15-,16+,17-,18-,19?,20?/m0/s1. The molecule has 0 radical (unpaired) electrons. The van der Waals surface area contributed by atoms with Crippen LogP contribution >= 0.6 is 0 Å². The molecule has 8 nitrogen and oxygen atoms in total. The fraction of sp³-hybridized carbons (Fsp3) is 0.400. The first kappa shape index (κ1) is 19.1. The predicted molar refractivity (Wildman–Crippen MR) is 95.4 cm³/mol. The Morgan fingerprint density at radius 3 is 1.96 bits per heavy atom. The number of benzene rings is 2. The predicted octanol–water partition coefficient (Wildman–Crippen LogP) is 1.35. The van der Waals surface area contributed by atoms with Gasteiger partial charge in [0.15, 0.2) is 12.6 Å². The van der Waals surface area contributed by atoms with Crippen LogP contribution in [0.15, 0.2) is 48.5 Å². The van der Waals surface area contributed by atoms with Gasteiger partial charge in [-0.3, -0.25) is 0 Å². The van der Waals surface area contributed by atoms with Gasteiger partial charge >= 0.3 is 0 Å². The number of rotatable bonds is 5. The lowest BCUT2D eigenvalue weighted by molar-refractivity contribution is -0.125. The highest BCUT2D eigenvalue weighted by Crippen LogP contribution is 2.37. The van der Waals surface area contributed by atoms with E-state index in [2.05, 4.69) is 0 Å². The second-order valence-electron chi connectivity index (χ2n) is 6.80. The average Bonchev–Trinajstić information content (AvgIpc) is 3.36. The maximum atomic E-state index is 10.8. The molecule has 2 unspecified atom stereocenters. The lowest BCUT2D eigenvalue weighted by Crippen LogP contribution is -2.45. The molecule has 2 aromatic carbocycles. The van der Waals surface area contributed by atoms with Crippen LogP contribution in [0.25, 0.3) is 0 Å². The molecular weight excluding hydrogens is 368 g/mol. The van der Waals surface area contributed by atoms with E-state index in [1.165, 1.54) is 24.3 Å². The van der Waals surface area contributed by atoms with E-state index in [9.17, 15) is 20.4 Å². The molecule has 0 spiro atoms. The molecule has 6 atom stereocenters. The molecular formula is C20H22O8. The van der Waals surface area contributed by atoms with Crippen LogP contribution in [0.1, 0.15) is 23.7 Å². The lowest BCUT2D eigenvalue weighted by Gasteiger charge is -2.24. The van der Waals surface area contributed by atoms with Crippen LogP contribution in [0.2, 0.25) is 0 Å². The Morgan fingerprint density at radius 1 is 0.821 bits per heavy atom. The molecule has 150 valence electrons. The van der Waals surface area contributed by atoms with Crippen LogP contribution in [0.3, 0.4) is 0 Å². The molecule has 28 heavy (non-hydrogen) atoms. The highest BCUT2D eigenvalue weighted by atomic mass is 16.8. The summed E-state index contributed by atoms with van der Waals surface area (Å²) < 4.78 is 23.0. The summed E-state index contributed by atoms with van der Waals surface area (Å²) in [7, 11) is 0. The third-order valence-electron chi connectivity index (χ3n) is 4.88. The molecule has 4 rings (SSSR count). The zero-order valence-electron chi connectivity index (χ0n) is 14.9. The summed E-state index contributed by atoms with van der Waals surface area (Å²) in [6, 6.07) is 12.8. The molecule has 2 aliphatic heterocycles. The smallest absolute Gasteiger partial charge is 0.184 e.